The largest absolute Gasteiger partial charge is 0.439 e. The number of nitro benzene ring substituents is 1. The van der Waals surface area contributed by atoms with Gasteiger partial charge in [0.25, 0.3) is 5.69 Å². The van der Waals surface area contributed by atoms with Gasteiger partial charge in [-0.1, -0.05) is 6.07 Å². The minimum Gasteiger partial charge on any atom is -0.439 e. The molecular formula is C10H9N5O3. The Balaban J connectivity index is 2.28. The molecule has 2 rings (SSSR count). The molecule has 0 aliphatic rings. The summed E-state index contributed by atoms with van der Waals surface area (Å²) in [5, 5.41) is 10.6. The van der Waals surface area contributed by atoms with E-state index in [9.17, 15) is 10.1 Å². The first kappa shape index (κ1) is 11.6. The lowest BCUT2D eigenvalue weighted by Gasteiger charge is -2.05. The van der Waals surface area contributed by atoms with Crippen LogP contribution in [0.1, 0.15) is 0 Å². The van der Waals surface area contributed by atoms with Gasteiger partial charge in [0.05, 0.1) is 11.0 Å². The molecule has 0 saturated carbocycles. The van der Waals surface area contributed by atoms with E-state index in [0.717, 1.165) is 0 Å². The van der Waals surface area contributed by atoms with Crippen LogP contribution in [0, 0.1) is 10.1 Å². The Bertz CT molecular complexity index is 582. The molecule has 0 aliphatic heterocycles. The molecule has 0 aliphatic carbocycles. The first-order chi connectivity index (χ1) is 8.54. The summed E-state index contributed by atoms with van der Waals surface area (Å²) in [4.78, 5) is 17.6. The minimum absolute atomic E-state index is 0.0320. The quantitative estimate of drug-likeness (QED) is 0.618. The van der Waals surface area contributed by atoms with Crippen molar-refractivity contribution in [2.75, 3.05) is 11.5 Å². The normalized spacial score (nSPS) is 10.0. The lowest BCUT2D eigenvalue weighted by Crippen LogP contribution is -2.00. The summed E-state index contributed by atoms with van der Waals surface area (Å²) in [5.41, 5.74) is 10.8. The summed E-state index contributed by atoms with van der Waals surface area (Å²) in [6.07, 6.45) is 0. The summed E-state index contributed by atoms with van der Waals surface area (Å²) in [5.74, 6) is 0.514. The molecule has 0 fully saturated rings. The third-order valence-corrected chi connectivity index (χ3v) is 1.99. The molecule has 92 valence electrons. The van der Waals surface area contributed by atoms with E-state index in [1.54, 1.807) is 6.07 Å². The van der Waals surface area contributed by atoms with Gasteiger partial charge in [0.15, 0.2) is 0 Å². The fourth-order valence-corrected chi connectivity index (χ4v) is 1.29. The number of hydrogen-bond donors (Lipinski definition) is 2. The lowest BCUT2D eigenvalue weighted by molar-refractivity contribution is -0.384. The van der Waals surface area contributed by atoms with E-state index in [1.807, 2.05) is 0 Å². The summed E-state index contributed by atoms with van der Waals surface area (Å²) < 4.78 is 5.32. The first-order valence-electron chi connectivity index (χ1n) is 4.87. The fraction of sp³-hybridized carbons (Fsp3) is 0. The third-order valence-electron chi connectivity index (χ3n) is 1.99. The number of anilines is 2. The third kappa shape index (κ3) is 2.61. The first-order valence-corrected chi connectivity index (χ1v) is 4.87. The number of aromatic nitrogens is 2. The Labute approximate surface area is 101 Å². The van der Waals surface area contributed by atoms with Crippen LogP contribution in [-0.2, 0) is 0 Å². The maximum absolute atomic E-state index is 10.6. The lowest BCUT2D eigenvalue weighted by atomic mass is 10.3. The van der Waals surface area contributed by atoms with Gasteiger partial charge >= 0.3 is 0 Å². The Kier molecular flexibility index (Phi) is 2.92. The molecule has 0 atom stereocenters. The van der Waals surface area contributed by atoms with Crippen LogP contribution in [0.3, 0.4) is 0 Å². The smallest absolute Gasteiger partial charge is 0.273 e. The molecule has 2 aromatic rings. The van der Waals surface area contributed by atoms with Crippen molar-refractivity contribution in [2.24, 2.45) is 0 Å². The molecule has 0 spiro atoms. The Hall–Kier alpha value is -2.90. The molecule has 0 unspecified atom stereocenters. The number of nitrogens with zero attached hydrogens (tertiary/aromatic N) is 3. The number of benzene rings is 1. The molecule has 8 heteroatoms. The summed E-state index contributed by atoms with van der Waals surface area (Å²) in [7, 11) is 0. The molecular weight excluding hydrogens is 238 g/mol. The van der Waals surface area contributed by atoms with Gasteiger partial charge in [-0.3, -0.25) is 10.1 Å². The van der Waals surface area contributed by atoms with Crippen molar-refractivity contribution >= 4 is 17.5 Å². The highest BCUT2D eigenvalue weighted by molar-refractivity contribution is 5.43. The standard InChI is InChI=1S/C10H9N5O3/c11-8-5-9(14-10(12)13-8)18-7-3-1-2-6(4-7)15(16)17/h1-5H,(H4,11,12,13,14). The predicted octanol–water partition coefficient (Wildman–Crippen LogP) is 1.34. The van der Waals surface area contributed by atoms with E-state index in [-0.39, 0.29) is 29.1 Å². The monoisotopic (exact) mass is 247 g/mol. The average molecular weight is 247 g/mol. The topological polar surface area (TPSA) is 130 Å². The van der Waals surface area contributed by atoms with Gasteiger partial charge in [-0.2, -0.15) is 9.97 Å². The van der Waals surface area contributed by atoms with Crippen molar-refractivity contribution in [3.05, 3.63) is 40.4 Å². The summed E-state index contributed by atoms with van der Waals surface area (Å²) in [6.45, 7) is 0. The van der Waals surface area contributed by atoms with E-state index in [1.165, 1.54) is 24.3 Å². The molecule has 4 N–H and O–H groups in total. The average Bonchev–Trinajstić information content (AvgIpc) is 2.27. The van der Waals surface area contributed by atoms with Crippen LogP contribution in [0.4, 0.5) is 17.5 Å². The number of nitrogens with two attached hydrogens (primary N) is 2. The zero-order valence-electron chi connectivity index (χ0n) is 9.11. The highest BCUT2D eigenvalue weighted by atomic mass is 16.6. The molecule has 1 aromatic carbocycles. The van der Waals surface area contributed by atoms with Crippen molar-refractivity contribution in [1.82, 2.24) is 9.97 Å². The maximum Gasteiger partial charge on any atom is 0.273 e. The van der Waals surface area contributed by atoms with Crippen molar-refractivity contribution in [3.8, 4) is 11.6 Å². The van der Waals surface area contributed by atoms with Crippen LogP contribution in [0.15, 0.2) is 30.3 Å². The van der Waals surface area contributed by atoms with Crippen LogP contribution in [-0.4, -0.2) is 14.9 Å². The van der Waals surface area contributed by atoms with Gasteiger partial charge in [-0.05, 0) is 6.07 Å². The molecule has 0 saturated heterocycles. The number of ether oxygens (including phenoxy) is 1. The van der Waals surface area contributed by atoms with E-state index >= 15 is 0 Å². The Morgan fingerprint density at radius 3 is 2.67 bits per heavy atom. The second-order valence-electron chi connectivity index (χ2n) is 3.35. The van der Waals surface area contributed by atoms with Gasteiger partial charge < -0.3 is 16.2 Å². The van der Waals surface area contributed by atoms with E-state index < -0.39 is 4.92 Å². The number of nitrogen functional groups attached to an aromatic ring is 2. The second kappa shape index (κ2) is 4.53. The van der Waals surface area contributed by atoms with E-state index in [2.05, 4.69) is 9.97 Å². The van der Waals surface area contributed by atoms with E-state index in [0.29, 0.717) is 0 Å². The van der Waals surface area contributed by atoms with Gasteiger partial charge in [-0.15, -0.1) is 0 Å². The molecule has 8 nitrogen and oxygen atoms in total. The van der Waals surface area contributed by atoms with Crippen LogP contribution in [0.2, 0.25) is 0 Å². The van der Waals surface area contributed by atoms with Crippen molar-refractivity contribution in [2.45, 2.75) is 0 Å². The minimum atomic E-state index is -0.518. The van der Waals surface area contributed by atoms with Crippen LogP contribution < -0.4 is 16.2 Å². The van der Waals surface area contributed by atoms with Crippen molar-refractivity contribution in [3.63, 3.8) is 0 Å². The number of nitro groups is 1. The molecule has 1 aromatic heterocycles. The van der Waals surface area contributed by atoms with Crippen LogP contribution in [0.25, 0.3) is 0 Å². The van der Waals surface area contributed by atoms with E-state index in [4.69, 9.17) is 16.2 Å². The van der Waals surface area contributed by atoms with Crippen molar-refractivity contribution in [1.29, 1.82) is 0 Å². The molecule has 0 bridgehead atoms. The molecule has 1 heterocycles. The Morgan fingerprint density at radius 2 is 2.00 bits per heavy atom. The number of rotatable bonds is 3. The summed E-state index contributed by atoms with van der Waals surface area (Å²) in [6, 6.07) is 7.06. The highest BCUT2D eigenvalue weighted by Gasteiger charge is 2.08. The van der Waals surface area contributed by atoms with Crippen LogP contribution >= 0.6 is 0 Å². The second-order valence-corrected chi connectivity index (χ2v) is 3.35. The number of hydrogen-bond acceptors (Lipinski definition) is 7. The Morgan fingerprint density at radius 1 is 1.22 bits per heavy atom. The zero-order chi connectivity index (χ0) is 13.1. The molecule has 18 heavy (non-hydrogen) atoms. The van der Waals surface area contributed by atoms with Gasteiger partial charge in [0.2, 0.25) is 11.8 Å². The van der Waals surface area contributed by atoms with Gasteiger partial charge in [0, 0.05) is 12.1 Å². The van der Waals surface area contributed by atoms with Crippen LogP contribution in [0.5, 0.6) is 11.6 Å². The SMILES string of the molecule is Nc1cc(Oc2cccc([N+](=O)[O-])c2)nc(N)n1. The maximum atomic E-state index is 10.6. The zero-order valence-corrected chi connectivity index (χ0v) is 9.11. The predicted molar refractivity (Wildman–Crippen MR) is 64.0 cm³/mol. The van der Waals surface area contributed by atoms with Gasteiger partial charge in [-0.25, -0.2) is 0 Å². The number of non-ortho nitro benzene ring substituents is 1. The highest BCUT2D eigenvalue weighted by Crippen LogP contribution is 2.24. The molecule has 0 radical (unpaired) electrons. The summed E-state index contributed by atoms with van der Waals surface area (Å²) >= 11 is 0. The molecule has 0 amide bonds. The van der Waals surface area contributed by atoms with Gasteiger partial charge in [0.1, 0.15) is 11.6 Å². The fourth-order valence-electron chi connectivity index (χ4n) is 1.29. The van der Waals surface area contributed by atoms with Crippen molar-refractivity contribution < 1.29 is 9.66 Å².